The van der Waals surface area contributed by atoms with E-state index in [1.165, 1.54) is 25.7 Å². The molecule has 0 fully saturated rings. The van der Waals surface area contributed by atoms with Gasteiger partial charge in [0.25, 0.3) is 0 Å². The van der Waals surface area contributed by atoms with Crippen molar-refractivity contribution >= 4 is 15.9 Å². The second-order valence-corrected chi connectivity index (χ2v) is 5.08. The summed E-state index contributed by atoms with van der Waals surface area (Å²) < 4.78 is 0. The Bertz CT molecular complexity index is 93.2. The van der Waals surface area contributed by atoms with Crippen molar-refractivity contribution in [3.05, 3.63) is 0 Å². The van der Waals surface area contributed by atoms with Crippen LogP contribution in [0.1, 0.15) is 53.4 Å². The molecule has 0 spiro atoms. The molecule has 1 unspecified atom stereocenters. The molecule has 0 saturated heterocycles. The molecule has 0 rings (SSSR count). The lowest BCUT2D eigenvalue weighted by molar-refractivity contribution is 0.377. The minimum absolute atomic E-state index is 0.720. The first-order valence-electron chi connectivity index (χ1n) is 5.27. The van der Waals surface area contributed by atoms with E-state index < -0.39 is 0 Å². The minimum Gasteiger partial charge on any atom is -0.0885 e. The van der Waals surface area contributed by atoms with E-state index in [2.05, 4.69) is 43.6 Å². The van der Waals surface area contributed by atoms with Crippen molar-refractivity contribution in [1.82, 2.24) is 0 Å². The van der Waals surface area contributed by atoms with Gasteiger partial charge in [0.1, 0.15) is 0 Å². The molecule has 0 N–H and O–H groups in total. The number of alkyl halides is 1. The first-order chi connectivity index (χ1) is 5.63. The fourth-order valence-corrected chi connectivity index (χ4v) is 2.28. The average Bonchev–Trinajstić information content (AvgIpc) is 2.03. The van der Waals surface area contributed by atoms with E-state index in [1.54, 1.807) is 0 Å². The van der Waals surface area contributed by atoms with E-state index in [9.17, 15) is 0 Å². The van der Waals surface area contributed by atoms with Crippen molar-refractivity contribution in [2.75, 3.05) is 0 Å². The monoisotopic (exact) mass is 234 g/mol. The van der Waals surface area contributed by atoms with Crippen molar-refractivity contribution < 1.29 is 0 Å². The third kappa shape index (κ3) is 4.49. The largest absolute Gasteiger partial charge is 0.0885 e. The van der Waals surface area contributed by atoms with Crippen LogP contribution >= 0.6 is 15.9 Å². The molecule has 0 aromatic carbocycles. The highest BCUT2D eigenvalue weighted by molar-refractivity contribution is 9.09. The van der Waals surface area contributed by atoms with Gasteiger partial charge in [-0.15, -0.1) is 0 Å². The molecule has 0 heterocycles. The Morgan fingerprint density at radius 1 is 1.00 bits per heavy atom. The molecule has 0 amide bonds. The fourth-order valence-electron chi connectivity index (χ4n) is 1.75. The highest BCUT2D eigenvalue weighted by Crippen LogP contribution is 2.28. The van der Waals surface area contributed by atoms with E-state index in [1.807, 2.05) is 0 Å². The van der Waals surface area contributed by atoms with Crippen LogP contribution in [0.4, 0.5) is 0 Å². The van der Waals surface area contributed by atoms with E-state index in [0.717, 1.165) is 16.7 Å². The van der Waals surface area contributed by atoms with Gasteiger partial charge in [0.2, 0.25) is 0 Å². The highest BCUT2D eigenvalue weighted by atomic mass is 79.9. The van der Waals surface area contributed by atoms with Crippen LogP contribution < -0.4 is 0 Å². The summed E-state index contributed by atoms with van der Waals surface area (Å²) in [5.74, 6) is 1.66. The summed E-state index contributed by atoms with van der Waals surface area (Å²) in [4.78, 5) is 0.720. The third-order valence-corrected chi connectivity index (χ3v) is 4.21. The standard InChI is InChI=1S/C11H23Br/c1-5-7-10(8-6-2)11(12)9(3)4/h9-11H,5-8H2,1-4H3. The predicted octanol–water partition coefficient (Wildman–Crippen LogP) is 4.62. The molecule has 12 heavy (non-hydrogen) atoms. The summed E-state index contributed by atoms with van der Waals surface area (Å²) in [7, 11) is 0. The number of hydrogen-bond donors (Lipinski definition) is 0. The predicted molar refractivity (Wildman–Crippen MR) is 60.9 cm³/mol. The third-order valence-electron chi connectivity index (χ3n) is 2.41. The molecule has 0 aliphatic heterocycles. The van der Waals surface area contributed by atoms with Crippen molar-refractivity contribution in [2.24, 2.45) is 11.8 Å². The number of hydrogen-bond acceptors (Lipinski definition) is 0. The zero-order chi connectivity index (χ0) is 9.56. The normalized spacial score (nSPS) is 14.2. The SMILES string of the molecule is CCCC(CCC)C(Br)C(C)C. The van der Waals surface area contributed by atoms with E-state index in [4.69, 9.17) is 0 Å². The molecule has 1 heteroatoms. The van der Waals surface area contributed by atoms with Gasteiger partial charge in [0.15, 0.2) is 0 Å². The van der Waals surface area contributed by atoms with Crippen molar-refractivity contribution in [1.29, 1.82) is 0 Å². The molecule has 74 valence electrons. The lowest BCUT2D eigenvalue weighted by Gasteiger charge is -2.24. The lowest BCUT2D eigenvalue weighted by Crippen LogP contribution is -2.19. The maximum Gasteiger partial charge on any atom is 0.0197 e. The zero-order valence-electron chi connectivity index (χ0n) is 8.94. The quantitative estimate of drug-likeness (QED) is 0.589. The van der Waals surface area contributed by atoms with Gasteiger partial charge in [-0.1, -0.05) is 56.5 Å². The van der Waals surface area contributed by atoms with Crippen molar-refractivity contribution in [2.45, 2.75) is 58.2 Å². The van der Waals surface area contributed by atoms with Crippen LogP contribution in [-0.2, 0) is 0 Å². The molecule has 0 aromatic heterocycles. The Morgan fingerprint density at radius 3 is 1.67 bits per heavy atom. The molecule has 0 saturated carbocycles. The Hall–Kier alpha value is 0.480. The van der Waals surface area contributed by atoms with Crippen LogP contribution in [0.15, 0.2) is 0 Å². The van der Waals surface area contributed by atoms with E-state index in [0.29, 0.717) is 0 Å². The summed E-state index contributed by atoms with van der Waals surface area (Å²) in [6.07, 6.45) is 5.39. The maximum absolute atomic E-state index is 3.81. The minimum atomic E-state index is 0.720. The zero-order valence-corrected chi connectivity index (χ0v) is 10.5. The summed E-state index contributed by atoms with van der Waals surface area (Å²) in [5, 5.41) is 0. The molecule has 0 aromatic rings. The molecule has 0 radical (unpaired) electrons. The van der Waals surface area contributed by atoms with Crippen LogP contribution in [0.5, 0.6) is 0 Å². The van der Waals surface area contributed by atoms with Crippen LogP contribution in [0, 0.1) is 11.8 Å². The van der Waals surface area contributed by atoms with Crippen LogP contribution in [0.3, 0.4) is 0 Å². The lowest BCUT2D eigenvalue weighted by atomic mass is 9.89. The highest BCUT2D eigenvalue weighted by Gasteiger charge is 2.19. The van der Waals surface area contributed by atoms with Crippen LogP contribution in [0.2, 0.25) is 0 Å². The van der Waals surface area contributed by atoms with Gasteiger partial charge in [-0.3, -0.25) is 0 Å². The summed E-state index contributed by atoms with van der Waals surface area (Å²) in [6.45, 7) is 9.17. The molecular formula is C11H23Br. The molecule has 0 nitrogen and oxygen atoms in total. The molecule has 0 bridgehead atoms. The topological polar surface area (TPSA) is 0 Å². The van der Waals surface area contributed by atoms with Gasteiger partial charge in [-0.05, 0) is 24.7 Å². The van der Waals surface area contributed by atoms with Gasteiger partial charge in [0.05, 0.1) is 0 Å². The van der Waals surface area contributed by atoms with Crippen LogP contribution in [0.25, 0.3) is 0 Å². The summed E-state index contributed by atoms with van der Waals surface area (Å²) in [6, 6.07) is 0. The maximum atomic E-state index is 3.81. The van der Waals surface area contributed by atoms with Gasteiger partial charge in [-0.2, -0.15) is 0 Å². The summed E-state index contributed by atoms with van der Waals surface area (Å²) >= 11 is 3.81. The first kappa shape index (κ1) is 12.5. The fraction of sp³-hybridized carbons (Fsp3) is 1.00. The molecular weight excluding hydrogens is 212 g/mol. The summed E-state index contributed by atoms with van der Waals surface area (Å²) in [5.41, 5.74) is 0. The molecule has 1 atom stereocenters. The Balaban J connectivity index is 3.89. The Morgan fingerprint density at radius 2 is 1.42 bits per heavy atom. The Labute approximate surface area is 86.3 Å². The van der Waals surface area contributed by atoms with Crippen molar-refractivity contribution in [3.8, 4) is 0 Å². The number of halogens is 1. The number of rotatable bonds is 6. The van der Waals surface area contributed by atoms with Gasteiger partial charge >= 0.3 is 0 Å². The first-order valence-corrected chi connectivity index (χ1v) is 6.19. The van der Waals surface area contributed by atoms with Crippen LogP contribution in [-0.4, -0.2) is 4.83 Å². The van der Waals surface area contributed by atoms with Gasteiger partial charge < -0.3 is 0 Å². The molecule has 0 aliphatic rings. The smallest absolute Gasteiger partial charge is 0.0197 e. The molecule has 0 aliphatic carbocycles. The van der Waals surface area contributed by atoms with Gasteiger partial charge in [0, 0.05) is 4.83 Å². The van der Waals surface area contributed by atoms with Gasteiger partial charge in [-0.25, -0.2) is 0 Å². The van der Waals surface area contributed by atoms with E-state index in [-0.39, 0.29) is 0 Å². The second kappa shape index (κ2) is 6.94. The second-order valence-electron chi connectivity index (χ2n) is 4.03. The average molecular weight is 235 g/mol. The Kier molecular flexibility index (Phi) is 7.22. The van der Waals surface area contributed by atoms with E-state index >= 15 is 0 Å². The van der Waals surface area contributed by atoms with Crippen molar-refractivity contribution in [3.63, 3.8) is 0 Å².